The highest BCUT2D eigenvalue weighted by Gasteiger charge is 2.01. The summed E-state index contributed by atoms with van der Waals surface area (Å²) in [4.78, 5) is 1.11. The van der Waals surface area contributed by atoms with Gasteiger partial charge in [-0.2, -0.15) is 0 Å². The summed E-state index contributed by atoms with van der Waals surface area (Å²) >= 11 is 5.02. The Hall–Kier alpha value is -0.350. The first-order chi connectivity index (χ1) is 5.15. The molecule has 0 aliphatic heterocycles. The Kier molecular flexibility index (Phi) is 2.67. The molecule has 60 valence electrons. The minimum atomic E-state index is 0.620. The van der Waals surface area contributed by atoms with Crippen LogP contribution in [0.1, 0.15) is 0 Å². The van der Waals surface area contributed by atoms with E-state index in [0.29, 0.717) is 11.4 Å². The average Bonchev–Trinajstić information content (AvgIpc) is 1.97. The van der Waals surface area contributed by atoms with Crippen LogP contribution in [0.15, 0.2) is 21.5 Å². The molecule has 0 heterocycles. The molecule has 2 nitrogen and oxygen atoms in total. The molecule has 1 aromatic rings. The Morgan fingerprint density at radius 2 is 1.82 bits per heavy atom. The Balaban J connectivity index is 3.21. The molecule has 1 rings (SSSR count). The number of thioether (sulfide) groups is 1. The predicted molar refractivity (Wildman–Crippen MR) is 54.7 cm³/mol. The largest absolute Gasteiger partial charge is 0.397 e. The zero-order valence-electron chi connectivity index (χ0n) is 6.10. The van der Waals surface area contributed by atoms with E-state index in [4.69, 9.17) is 11.5 Å². The van der Waals surface area contributed by atoms with Crippen molar-refractivity contribution >= 4 is 39.1 Å². The highest BCUT2D eigenvalue weighted by molar-refractivity contribution is 9.10. The summed E-state index contributed by atoms with van der Waals surface area (Å²) < 4.78 is 0.997. The van der Waals surface area contributed by atoms with Gasteiger partial charge in [0, 0.05) is 9.37 Å². The van der Waals surface area contributed by atoms with Crippen molar-refractivity contribution < 1.29 is 0 Å². The molecule has 0 amide bonds. The van der Waals surface area contributed by atoms with Crippen LogP contribution in [0, 0.1) is 0 Å². The molecule has 0 unspecified atom stereocenters. The fraction of sp³-hybridized carbons (Fsp3) is 0.143. The minimum absolute atomic E-state index is 0.620. The molecule has 1 aromatic carbocycles. The van der Waals surface area contributed by atoms with E-state index in [2.05, 4.69) is 15.9 Å². The van der Waals surface area contributed by atoms with E-state index in [0.717, 1.165) is 9.37 Å². The van der Waals surface area contributed by atoms with Crippen molar-refractivity contribution in [1.82, 2.24) is 0 Å². The minimum Gasteiger partial charge on any atom is -0.397 e. The SMILES string of the molecule is CSc1cc(N)c(N)cc1Br. The van der Waals surface area contributed by atoms with Gasteiger partial charge in [-0.3, -0.25) is 0 Å². The molecular formula is C7H9BrN2S. The van der Waals surface area contributed by atoms with Gasteiger partial charge in [0.05, 0.1) is 11.4 Å². The van der Waals surface area contributed by atoms with Crippen LogP contribution in [0.2, 0.25) is 0 Å². The highest BCUT2D eigenvalue weighted by atomic mass is 79.9. The number of halogens is 1. The quantitative estimate of drug-likeness (QED) is 0.578. The molecule has 0 fully saturated rings. The van der Waals surface area contributed by atoms with Crippen LogP contribution in [0.25, 0.3) is 0 Å². The molecule has 0 radical (unpaired) electrons. The van der Waals surface area contributed by atoms with Crippen molar-refractivity contribution in [3.8, 4) is 0 Å². The Labute approximate surface area is 78.5 Å². The molecule has 4 heteroatoms. The van der Waals surface area contributed by atoms with Crippen molar-refractivity contribution in [3.05, 3.63) is 16.6 Å². The second-order valence-electron chi connectivity index (χ2n) is 2.12. The lowest BCUT2D eigenvalue weighted by molar-refractivity contribution is 1.41. The van der Waals surface area contributed by atoms with Crippen molar-refractivity contribution in [1.29, 1.82) is 0 Å². The standard InChI is InChI=1S/C7H9BrN2S/c1-11-7-3-6(10)5(9)2-4(7)8/h2-3H,9-10H2,1H3. The molecule has 0 saturated heterocycles. The van der Waals surface area contributed by atoms with E-state index < -0.39 is 0 Å². The third-order valence-electron chi connectivity index (χ3n) is 1.36. The molecular weight excluding hydrogens is 224 g/mol. The van der Waals surface area contributed by atoms with E-state index in [1.807, 2.05) is 18.4 Å². The van der Waals surface area contributed by atoms with E-state index in [9.17, 15) is 0 Å². The highest BCUT2D eigenvalue weighted by Crippen LogP contribution is 2.31. The number of benzene rings is 1. The lowest BCUT2D eigenvalue weighted by Gasteiger charge is -2.04. The van der Waals surface area contributed by atoms with Gasteiger partial charge in [-0.1, -0.05) is 0 Å². The van der Waals surface area contributed by atoms with Crippen LogP contribution >= 0.6 is 27.7 Å². The van der Waals surface area contributed by atoms with Gasteiger partial charge in [0.1, 0.15) is 0 Å². The molecule has 11 heavy (non-hydrogen) atoms. The van der Waals surface area contributed by atoms with Crippen LogP contribution in [0.5, 0.6) is 0 Å². The Bertz CT molecular complexity index is 275. The maximum atomic E-state index is 5.61. The van der Waals surface area contributed by atoms with Gasteiger partial charge in [0.2, 0.25) is 0 Å². The van der Waals surface area contributed by atoms with Crippen LogP contribution in [0.4, 0.5) is 11.4 Å². The summed E-state index contributed by atoms with van der Waals surface area (Å²) in [5, 5.41) is 0. The fourth-order valence-corrected chi connectivity index (χ4v) is 2.09. The van der Waals surface area contributed by atoms with Gasteiger partial charge in [0.15, 0.2) is 0 Å². The molecule has 0 atom stereocenters. The van der Waals surface area contributed by atoms with Crippen molar-refractivity contribution in [2.45, 2.75) is 4.90 Å². The zero-order valence-corrected chi connectivity index (χ0v) is 8.50. The summed E-state index contributed by atoms with van der Waals surface area (Å²) in [7, 11) is 0. The number of nitrogen functional groups attached to an aromatic ring is 2. The number of hydrogen-bond donors (Lipinski definition) is 2. The first-order valence-corrected chi connectivity index (χ1v) is 5.05. The normalized spacial score (nSPS) is 10.0. The third-order valence-corrected chi connectivity index (χ3v) is 3.05. The van der Waals surface area contributed by atoms with E-state index in [-0.39, 0.29) is 0 Å². The van der Waals surface area contributed by atoms with E-state index >= 15 is 0 Å². The Morgan fingerprint density at radius 1 is 1.27 bits per heavy atom. The maximum Gasteiger partial charge on any atom is 0.0559 e. The topological polar surface area (TPSA) is 52.0 Å². The van der Waals surface area contributed by atoms with Crippen LogP contribution in [0.3, 0.4) is 0 Å². The Morgan fingerprint density at radius 3 is 2.36 bits per heavy atom. The van der Waals surface area contributed by atoms with E-state index in [1.54, 1.807) is 11.8 Å². The lowest BCUT2D eigenvalue weighted by atomic mass is 10.3. The predicted octanol–water partition coefficient (Wildman–Crippen LogP) is 2.34. The van der Waals surface area contributed by atoms with Gasteiger partial charge < -0.3 is 11.5 Å². The van der Waals surface area contributed by atoms with Gasteiger partial charge >= 0.3 is 0 Å². The number of nitrogens with two attached hydrogens (primary N) is 2. The summed E-state index contributed by atoms with van der Waals surface area (Å²) in [5.41, 5.74) is 12.4. The molecule has 0 aliphatic carbocycles. The van der Waals surface area contributed by atoms with Gasteiger partial charge in [-0.25, -0.2) is 0 Å². The lowest BCUT2D eigenvalue weighted by Crippen LogP contribution is -1.94. The average molecular weight is 233 g/mol. The van der Waals surface area contributed by atoms with Gasteiger partial charge in [-0.15, -0.1) is 11.8 Å². The second-order valence-corrected chi connectivity index (χ2v) is 3.82. The maximum absolute atomic E-state index is 5.61. The smallest absolute Gasteiger partial charge is 0.0559 e. The summed E-state index contributed by atoms with van der Waals surface area (Å²) in [6.45, 7) is 0. The van der Waals surface area contributed by atoms with Crippen LogP contribution in [-0.2, 0) is 0 Å². The van der Waals surface area contributed by atoms with Gasteiger partial charge in [-0.05, 0) is 34.3 Å². The molecule has 0 aliphatic rings. The zero-order chi connectivity index (χ0) is 8.43. The summed E-state index contributed by atoms with van der Waals surface area (Å²) in [6, 6.07) is 3.69. The molecule has 0 saturated carbocycles. The summed E-state index contributed by atoms with van der Waals surface area (Å²) in [6.07, 6.45) is 2.00. The van der Waals surface area contributed by atoms with Crippen LogP contribution in [-0.4, -0.2) is 6.26 Å². The van der Waals surface area contributed by atoms with E-state index in [1.165, 1.54) is 0 Å². The number of anilines is 2. The number of hydrogen-bond acceptors (Lipinski definition) is 3. The fourth-order valence-electron chi connectivity index (χ4n) is 0.741. The molecule has 0 spiro atoms. The van der Waals surface area contributed by atoms with Crippen molar-refractivity contribution in [2.75, 3.05) is 17.7 Å². The second kappa shape index (κ2) is 3.36. The first kappa shape index (κ1) is 8.74. The number of rotatable bonds is 1. The molecule has 4 N–H and O–H groups in total. The van der Waals surface area contributed by atoms with Crippen molar-refractivity contribution in [3.63, 3.8) is 0 Å². The van der Waals surface area contributed by atoms with Gasteiger partial charge in [0.25, 0.3) is 0 Å². The summed E-state index contributed by atoms with van der Waals surface area (Å²) in [5.74, 6) is 0. The third kappa shape index (κ3) is 1.81. The van der Waals surface area contributed by atoms with Crippen LogP contribution < -0.4 is 11.5 Å². The first-order valence-electron chi connectivity index (χ1n) is 3.03. The monoisotopic (exact) mass is 232 g/mol. The molecule has 0 bridgehead atoms. The molecule has 0 aromatic heterocycles. The van der Waals surface area contributed by atoms with Crippen molar-refractivity contribution in [2.24, 2.45) is 0 Å².